The van der Waals surface area contributed by atoms with Gasteiger partial charge in [0.1, 0.15) is 4.90 Å². The third kappa shape index (κ3) is 3.67. The van der Waals surface area contributed by atoms with Crippen molar-refractivity contribution in [3.05, 3.63) is 18.0 Å². The average Bonchev–Trinajstić information content (AvgIpc) is 2.68. The highest BCUT2D eigenvalue weighted by molar-refractivity contribution is 7.89. The smallest absolute Gasteiger partial charge is 0.244 e. The molecule has 0 saturated carbocycles. The minimum absolute atomic E-state index is 0.352. The first-order chi connectivity index (χ1) is 9.98. The Hall–Kier alpha value is -0.850. The standard InChI is InChI=1S/C15H27N3O2S/c1-3-5-13-6-4-8-18(9-7-13)21(19,20)15-10-14(11-16)17(2)12-15/h10,12-13H,3-9,11,16H2,1-2H3. The highest BCUT2D eigenvalue weighted by Gasteiger charge is 2.28. The first kappa shape index (κ1) is 16.5. The van der Waals surface area contributed by atoms with Gasteiger partial charge < -0.3 is 10.3 Å². The second kappa shape index (κ2) is 6.94. The quantitative estimate of drug-likeness (QED) is 0.905. The maximum Gasteiger partial charge on any atom is 0.244 e. The fourth-order valence-electron chi connectivity index (χ4n) is 3.15. The summed E-state index contributed by atoms with van der Waals surface area (Å²) < 4.78 is 29.0. The van der Waals surface area contributed by atoms with Gasteiger partial charge in [0, 0.05) is 38.6 Å². The monoisotopic (exact) mass is 313 g/mol. The fraction of sp³-hybridized carbons (Fsp3) is 0.733. The van der Waals surface area contributed by atoms with Crippen molar-refractivity contribution in [2.75, 3.05) is 13.1 Å². The van der Waals surface area contributed by atoms with E-state index in [-0.39, 0.29) is 0 Å². The summed E-state index contributed by atoms with van der Waals surface area (Å²) in [6, 6.07) is 1.70. The lowest BCUT2D eigenvalue weighted by Gasteiger charge is -2.19. The van der Waals surface area contributed by atoms with Crippen LogP contribution in [0.1, 0.15) is 44.7 Å². The molecule has 1 saturated heterocycles. The fourth-order valence-corrected chi connectivity index (χ4v) is 4.74. The number of aromatic nitrogens is 1. The molecule has 0 spiro atoms. The van der Waals surface area contributed by atoms with Crippen molar-refractivity contribution in [1.29, 1.82) is 0 Å². The number of sulfonamides is 1. The zero-order chi connectivity index (χ0) is 15.5. The van der Waals surface area contributed by atoms with Crippen LogP contribution >= 0.6 is 0 Å². The molecule has 0 radical (unpaired) electrons. The van der Waals surface area contributed by atoms with Gasteiger partial charge in [-0.05, 0) is 31.2 Å². The Labute approximate surface area is 128 Å². The van der Waals surface area contributed by atoms with Crippen molar-refractivity contribution in [2.24, 2.45) is 18.7 Å². The molecule has 21 heavy (non-hydrogen) atoms. The van der Waals surface area contributed by atoms with Crippen molar-refractivity contribution in [3.8, 4) is 0 Å². The Morgan fingerprint density at radius 2 is 2.10 bits per heavy atom. The third-order valence-corrected chi connectivity index (χ3v) is 6.30. The first-order valence-electron chi connectivity index (χ1n) is 7.84. The van der Waals surface area contributed by atoms with Gasteiger partial charge in [-0.15, -0.1) is 0 Å². The van der Waals surface area contributed by atoms with Gasteiger partial charge in [0.05, 0.1) is 0 Å². The number of rotatable bonds is 5. The van der Waals surface area contributed by atoms with E-state index in [2.05, 4.69) is 6.92 Å². The minimum atomic E-state index is -3.38. The molecular formula is C15H27N3O2S. The molecule has 2 N–H and O–H groups in total. The summed E-state index contributed by atoms with van der Waals surface area (Å²) in [6.45, 7) is 3.82. The summed E-state index contributed by atoms with van der Waals surface area (Å²) in [6.07, 6.45) is 7.13. The van der Waals surface area contributed by atoms with Gasteiger partial charge in [0.25, 0.3) is 0 Å². The van der Waals surface area contributed by atoms with Gasteiger partial charge in [0.2, 0.25) is 10.0 Å². The summed E-state index contributed by atoms with van der Waals surface area (Å²) in [7, 11) is -1.54. The summed E-state index contributed by atoms with van der Waals surface area (Å²) in [5.74, 6) is 0.672. The molecule has 5 nitrogen and oxygen atoms in total. The SMILES string of the molecule is CCCC1CCCN(S(=O)(=O)c2cc(CN)n(C)c2)CC1. The molecular weight excluding hydrogens is 286 g/mol. The van der Waals surface area contributed by atoms with Gasteiger partial charge >= 0.3 is 0 Å². The molecule has 1 unspecified atom stereocenters. The first-order valence-corrected chi connectivity index (χ1v) is 9.28. The van der Waals surface area contributed by atoms with Gasteiger partial charge in [-0.2, -0.15) is 4.31 Å². The van der Waals surface area contributed by atoms with Gasteiger partial charge in [-0.25, -0.2) is 8.42 Å². The van der Waals surface area contributed by atoms with Crippen LogP contribution in [0.15, 0.2) is 17.2 Å². The Morgan fingerprint density at radius 1 is 1.33 bits per heavy atom. The van der Waals surface area contributed by atoms with E-state index < -0.39 is 10.0 Å². The lowest BCUT2D eigenvalue weighted by Crippen LogP contribution is -2.31. The predicted molar refractivity (Wildman–Crippen MR) is 84.3 cm³/mol. The van der Waals surface area contributed by atoms with E-state index in [1.807, 2.05) is 7.05 Å². The van der Waals surface area contributed by atoms with Crippen LogP contribution < -0.4 is 5.73 Å². The lowest BCUT2D eigenvalue weighted by molar-refractivity contribution is 0.400. The highest BCUT2D eigenvalue weighted by Crippen LogP contribution is 2.26. The molecule has 1 aliphatic rings. The summed E-state index contributed by atoms with van der Waals surface area (Å²) >= 11 is 0. The number of aryl methyl sites for hydroxylation is 1. The lowest BCUT2D eigenvalue weighted by atomic mass is 9.96. The van der Waals surface area contributed by atoms with E-state index in [4.69, 9.17) is 5.73 Å². The van der Waals surface area contributed by atoms with Crippen molar-refractivity contribution in [3.63, 3.8) is 0 Å². The minimum Gasteiger partial charge on any atom is -0.352 e. The Bertz CT molecular complexity index is 565. The molecule has 2 heterocycles. The van der Waals surface area contributed by atoms with Crippen LogP contribution in [0.3, 0.4) is 0 Å². The molecule has 1 atom stereocenters. The van der Waals surface area contributed by atoms with E-state index >= 15 is 0 Å². The number of nitrogens with two attached hydrogens (primary N) is 1. The topological polar surface area (TPSA) is 68.3 Å². The molecule has 0 amide bonds. The second-order valence-electron chi connectivity index (χ2n) is 5.97. The zero-order valence-electron chi connectivity index (χ0n) is 13.1. The summed E-state index contributed by atoms with van der Waals surface area (Å²) in [5, 5.41) is 0. The predicted octanol–water partition coefficient (Wildman–Crippen LogP) is 2.07. The van der Waals surface area contributed by atoms with E-state index in [9.17, 15) is 8.42 Å². The van der Waals surface area contributed by atoms with Gasteiger partial charge in [-0.1, -0.05) is 19.8 Å². The maximum atomic E-state index is 12.8. The van der Waals surface area contributed by atoms with E-state index in [1.54, 1.807) is 21.1 Å². The van der Waals surface area contributed by atoms with E-state index in [0.29, 0.717) is 30.4 Å². The molecule has 1 aromatic heterocycles. The van der Waals surface area contributed by atoms with Crippen molar-refractivity contribution < 1.29 is 8.42 Å². The molecule has 6 heteroatoms. The summed E-state index contributed by atoms with van der Waals surface area (Å²) in [5.41, 5.74) is 6.47. The van der Waals surface area contributed by atoms with Crippen molar-refractivity contribution in [2.45, 2.75) is 50.5 Å². The normalized spacial score (nSPS) is 21.4. The Kier molecular flexibility index (Phi) is 5.46. The zero-order valence-corrected chi connectivity index (χ0v) is 13.9. The van der Waals surface area contributed by atoms with Crippen LogP contribution in [0, 0.1) is 5.92 Å². The Morgan fingerprint density at radius 3 is 2.71 bits per heavy atom. The molecule has 0 aliphatic carbocycles. The summed E-state index contributed by atoms with van der Waals surface area (Å²) in [4.78, 5) is 0.374. The van der Waals surface area contributed by atoms with Gasteiger partial charge in [-0.3, -0.25) is 0 Å². The molecule has 1 fully saturated rings. The maximum absolute atomic E-state index is 12.8. The van der Waals surface area contributed by atoms with Crippen LogP contribution in [-0.4, -0.2) is 30.4 Å². The van der Waals surface area contributed by atoms with Crippen LogP contribution in [0.4, 0.5) is 0 Å². The van der Waals surface area contributed by atoms with Crippen LogP contribution in [0.25, 0.3) is 0 Å². The molecule has 1 aromatic rings. The molecule has 1 aliphatic heterocycles. The Balaban J connectivity index is 2.15. The molecule has 0 aromatic carbocycles. The van der Waals surface area contributed by atoms with Crippen LogP contribution in [0.2, 0.25) is 0 Å². The third-order valence-electron chi connectivity index (χ3n) is 4.43. The van der Waals surface area contributed by atoms with Gasteiger partial charge in [0.15, 0.2) is 0 Å². The van der Waals surface area contributed by atoms with Crippen LogP contribution in [-0.2, 0) is 23.6 Å². The largest absolute Gasteiger partial charge is 0.352 e. The van der Waals surface area contributed by atoms with E-state index in [0.717, 1.165) is 25.0 Å². The van der Waals surface area contributed by atoms with Crippen molar-refractivity contribution >= 4 is 10.0 Å². The second-order valence-corrected chi connectivity index (χ2v) is 7.91. The number of nitrogens with zero attached hydrogens (tertiary/aromatic N) is 2. The molecule has 120 valence electrons. The molecule has 0 bridgehead atoms. The van der Waals surface area contributed by atoms with E-state index in [1.165, 1.54) is 12.8 Å². The molecule has 2 rings (SSSR count). The van der Waals surface area contributed by atoms with Crippen LogP contribution in [0.5, 0.6) is 0 Å². The number of hydrogen-bond acceptors (Lipinski definition) is 3. The van der Waals surface area contributed by atoms with Crippen molar-refractivity contribution in [1.82, 2.24) is 8.87 Å². The average molecular weight is 313 g/mol. The number of hydrogen-bond donors (Lipinski definition) is 1. The highest BCUT2D eigenvalue weighted by atomic mass is 32.2.